The zero-order valence-electron chi connectivity index (χ0n) is 8.32. The van der Waals surface area contributed by atoms with Gasteiger partial charge in [0.15, 0.2) is 0 Å². The van der Waals surface area contributed by atoms with Crippen molar-refractivity contribution in [2.24, 2.45) is 0 Å². The van der Waals surface area contributed by atoms with Gasteiger partial charge in [-0.25, -0.2) is 0 Å². The predicted molar refractivity (Wildman–Crippen MR) is 44.7 cm³/mol. The lowest BCUT2D eigenvalue weighted by Gasteiger charge is -2.16. The molecule has 0 unspecified atom stereocenters. The van der Waals surface area contributed by atoms with E-state index < -0.39 is 41.6 Å². The van der Waals surface area contributed by atoms with Crippen LogP contribution >= 0.6 is 0 Å². The highest BCUT2D eigenvalue weighted by molar-refractivity contribution is 5.39. The number of aromatic amines is 1. The summed E-state index contributed by atoms with van der Waals surface area (Å²) in [4.78, 5) is 12.6. The van der Waals surface area contributed by atoms with Gasteiger partial charge >= 0.3 is 12.5 Å². The summed E-state index contributed by atoms with van der Waals surface area (Å²) in [6.07, 6.45) is -10.3. The number of alkyl halides is 6. The molecule has 0 bridgehead atoms. The Morgan fingerprint density at radius 1 is 1.22 bits per heavy atom. The molecule has 0 aliphatic carbocycles. The van der Waals surface area contributed by atoms with Crippen molar-refractivity contribution in [3.8, 4) is 5.75 Å². The first kappa shape index (κ1) is 14.4. The van der Waals surface area contributed by atoms with Gasteiger partial charge in [-0.2, -0.15) is 13.2 Å². The van der Waals surface area contributed by atoms with E-state index in [1.807, 2.05) is 0 Å². The molecule has 1 rings (SSSR count). The Morgan fingerprint density at radius 3 is 2.17 bits per heavy atom. The fraction of sp³-hybridized carbons (Fsp3) is 0.375. The fourth-order valence-corrected chi connectivity index (χ4v) is 1.20. The molecule has 0 aliphatic heterocycles. The normalized spacial score (nSPS) is 12.6. The molecule has 0 aromatic carbocycles. The predicted octanol–water partition coefficient (Wildman–Crippen LogP) is 1.78. The number of hydrogen-bond acceptors (Lipinski definition) is 3. The molecular weight excluding hydrogens is 272 g/mol. The largest absolute Gasteiger partial charge is 0.573 e. The molecule has 4 nitrogen and oxygen atoms in total. The highest BCUT2D eigenvalue weighted by atomic mass is 19.4. The van der Waals surface area contributed by atoms with Crippen molar-refractivity contribution >= 4 is 0 Å². The van der Waals surface area contributed by atoms with Crippen molar-refractivity contribution in [3.05, 3.63) is 27.7 Å². The molecule has 0 radical (unpaired) electrons. The van der Waals surface area contributed by atoms with Gasteiger partial charge in [-0.3, -0.25) is 4.79 Å². The Labute approximate surface area is 94.8 Å². The van der Waals surface area contributed by atoms with Crippen LogP contribution in [0.5, 0.6) is 5.75 Å². The summed E-state index contributed by atoms with van der Waals surface area (Å²) >= 11 is 0. The van der Waals surface area contributed by atoms with Gasteiger partial charge in [0.25, 0.3) is 5.56 Å². The summed E-state index contributed by atoms with van der Waals surface area (Å²) in [5.74, 6) is -1.94. The Bertz CT molecular complexity index is 489. The molecule has 102 valence electrons. The van der Waals surface area contributed by atoms with E-state index in [0.29, 0.717) is 6.20 Å². The van der Waals surface area contributed by atoms with Gasteiger partial charge in [0.05, 0.1) is 6.61 Å². The van der Waals surface area contributed by atoms with Gasteiger partial charge in [-0.05, 0) is 0 Å². The second-order valence-electron chi connectivity index (χ2n) is 3.05. The van der Waals surface area contributed by atoms with Gasteiger partial charge in [0.2, 0.25) is 5.75 Å². The summed E-state index contributed by atoms with van der Waals surface area (Å²) in [6.45, 7) is -1.21. The van der Waals surface area contributed by atoms with Crippen LogP contribution in [0.3, 0.4) is 0 Å². The Kier molecular flexibility index (Phi) is 3.60. The van der Waals surface area contributed by atoms with Crippen molar-refractivity contribution < 1.29 is 36.2 Å². The minimum atomic E-state index is -5.46. The van der Waals surface area contributed by atoms with Crippen LogP contribution in [-0.2, 0) is 12.8 Å². The number of rotatable bonds is 2. The molecule has 10 heteroatoms. The molecule has 18 heavy (non-hydrogen) atoms. The quantitative estimate of drug-likeness (QED) is 0.810. The average molecular weight is 277 g/mol. The molecule has 1 heterocycles. The van der Waals surface area contributed by atoms with Crippen LogP contribution in [0.1, 0.15) is 11.1 Å². The van der Waals surface area contributed by atoms with E-state index >= 15 is 0 Å². The molecule has 0 fully saturated rings. The smallest absolute Gasteiger partial charge is 0.399 e. The standard InChI is InChI=1S/C8H5F6NO3/c9-7(10,11)4-3(2-16)1-15-6(17)5(4)18-8(12,13)14/h1,16H,2H2,(H,15,17). The molecule has 1 aromatic rings. The van der Waals surface area contributed by atoms with Crippen molar-refractivity contribution in [2.75, 3.05) is 0 Å². The third-order valence-corrected chi connectivity index (χ3v) is 1.80. The average Bonchev–Trinajstić information content (AvgIpc) is 2.17. The van der Waals surface area contributed by atoms with E-state index in [-0.39, 0.29) is 0 Å². The van der Waals surface area contributed by atoms with Crippen LogP contribution in [0.15, 0.2) is 11.0 Å². The molecule has 0 spiro atoms. The zero-order valence-corrected chi connectivity index (χ0v) is 8.32. The van der Waals surface area contributed by atoms with Crippen molar-refractivity contribution in [1.82, 2.24) is 4.98 Å². The fourth-order valence-electron chi connectivity index (χ4n) is 1.20. The minimum absolute atomic E-state index is 0.467. The number of hydrogen-bond donors (Lipinski definition) is 2. The van der Waals surface area contributed by atoms with Crippen molar-refractivity contribution in [3.63, 3.8) is 0 Å². The lowest BCUT2D eigenvalue weighted by molar-refractivity contribution is -0.276. The third-order valence-electron chi connectivity index (χ3n) is 1.80. The van der Waals surface area contributed by atoms with Crippen LogP contribution < -0.4 is 10.3 Å². The Hall–Kier alpha value is -1.71. The SMILES string of the molecule is O=c1[nH]cc(CO)c(C(F)(F)F)c1OC(F)(F)F. The first-order valence-corrected chi connectivity index (χ1v) is 4.24. The number of halogens is 6. The Morgan fingerprint density at radius 2 is 1.78 bits per heavy atom. The zero-order chi connectivity index (χ0) is 14.1. The Balaban J connectivity index is 3.52. The molecule has 0 saturated carbocycles. The van der Waals surface area contributed by atoms with Gasteiger partial charge in [-0.15, -0.1) is 13.2 Å². The lowest BCUT2D eigenvalue weighted by Crippen LogP contribution is -2.27. The second-order valence-corrected chi connectivity index (χ2v) is 3.05. The molecule has 0 atom stereocenters. The molecule has 2 N–H and O–H groups in total. The second kappa shape index (κ2) is 4.52. The number of ether oxygens (including phenoxy) is 1. The van der Waals surface area contributed by atoms with E-state index in [2.05, 4.69) is 4.74 Å². The van der Waals surface area contributed by atoms with E-state index in [9.17, 15) is 31.1 Å². The molecule has 1 aromatic heterocycles. The number of aliphatic hydroxyl groups excluding tert-OH is 1. The lowest BCUT2D eigenvalue weighted by atomic mass is 10.1. The van der Waals surface area contributed by atoms with Gasteiger partial charge in [0.1, 0.15) is 5.56 Å². The first-order valence-electron chi connectivity index (χ1n) is 4.24. The van der Waals surface area contributed by atoms with Crippen LogP contribution in [0.25, 0.3) is 0 Å². The van der Waals surface area contributed by atoms with Gasteiger partial charge < -0.3 is 14.8 Å². The van der Waals surface area contributed by atoms with Gasteiger partial charge in [0, 0.05) is 11.8 Å². The third kappa shape index (κ3) is 3.15. The van der Waals surface area contributed by atoms with E-state index in [0.717, 1.165) is 0 Å². The molecular formula is C8H5F6NO3. The summed E-state index contributed by atoms with van der Waals surface area (Å²) in [5, 5.41) is 8.64. The number of nitrogens with one attached hydrogen (secondary N) is 1. The maximum atomic E-state index is 12.5. The van der Waals surface area contributed by atoms with Gasteiger partial charge in [-0.1, -0.05) is 0 Å². The molecule has 0 amide bonds. The number of aliphatic hydroxyl groups is 1. The van der Waals surface area contributed by atoms with Crippen LogP contribution in [0.2, 0.25) is 0 Å². The summed E-state index contributed by atoms with van der Waals surface area (Å²) in [5.41, 5.74) is -4.58. The maximum Gasteiger partial charge on any atom is 0.573 e. The highest BCUT2D eigenvalue weighted by Crippen LogP contribution is 2.38. The molecule has 0 aliphatic rings. The van der Waals surface area contributed by atoms with Crippen LogP contribution in [-0.4, -0.2) is 16.5 Å². The maximum absolute atomic E-state index is 12.5. The summed E-state index contributed by atoms with van der Waals surface area (Å²) in [6, 6.07) is 0. The van der Waals surface area contributed by atoms with Crippen molar-refractivity contribution in [1.29, 1.82) is 0 Å². The van der Waals surface area contributed by atoms with E-state index in [4.69, 9.17) is 5.11 Å². The summed E-state index contributed by atoms with van der Waals surface area (Å²) < 4.78 is 76.4. The monoisotopic (exact) mass is 277 g/mol. The van der Waals surface area contributed by atoms with Crippen LogP contribution in [0, 0.1) is 0 Å². The first-order chi connectivity index (χ1) is 8.06. The minimum Gasteiger partial charge on any atom is -0.399 e. The highest BCUT2D eigenvalue weighted by Gasteiger charge is 2.42. The number of H-pyrrole nitrogens is 1. The number of pyridine rings is 1. The van der Waals surface area contributed by atoms with Crippen molar-refractivity contribution in [2.45, 2.75) is 19.1 Å². The number of aromatic nitrogens is 1. The topological polar surface area (TPSA) is 62.3 Å². The summed E-state index contributed by atoms with van der Waals surface area (Å²) in [7, 11) is 0. The van der Waals surface area contributed by atoms with Crippen LogP contribution in [0.4, 0.5) is 26.3 Å². The van der Waals surface area contributed by atoms with E-state index in [1.165, 1.54) is 0 Å². The molecule has 0 saturated heterocycles. The van der Waals surface area contributed by atoms with E-state index in [1.54, 1.807) is 4.98 Å².